The lowest BCUT2D eigenvalue weighted by Gasteiger charge is -2.12. The van der Waals surface area contributed by atoms with Crippen molar-refractivity contribution in [3.05, 3.63) is 34.4 Å². The maximum absolute atomic E-state index is 12.3. The molecule has 7 heteroatoms. The number of aliphatic hydroxyl groups excluding tert-OH is 1. The highest BCUT2D eigenvalue weighted by Crippen LogP contribution is 2.44. The summed E-state index contributed by atoms with van der Waals surface area (Å²) in [5.74, 6) is 0.480. The van der Waals surface area contributed by atoms with Gasteiger partial charge in [-0.15, -0.1) is 0 Å². The van der Waals surface area contributed by atoms with Gasteiger partial charge in [-0.05, 0) is 46.6 Å². The van der Waals surface area contributed by atoms with Crippen molar-refractivity contribution in [2.75, 3.05) is 13.2 Å². The van der Waals surface area contributed by atoms with Crippen LogP contribution in [0, 0.1) is 33.1 Å². The Hall–Kier alpha value is -2.28. The van der Waals surface area contributed by atoms with Gasteiger partial charge in [0.05, 0.1) is 18.7 Å². The van der Waals surface area contributed by atoms with Crippen molar-refractivity contribution in [2.45, 2.75) is 47.0 Å². The molecule has 134 valence electrons. The fraction of sp³-hybridized carbons (Fsp3) is 0.556. The lowest BCUT2D eigenvalue weighted by molar-refractivity contribution is -0.120. The molecule has 0 spiro atoms. The number of aromatic nitrogens is 4. The fourth-order valence-corrected chi connectivity index (χ4v) is 3.00. The summed E-state index contributed by atoms with van der Waals surface area (Å²) in [4.78, 5) is 21.2. The van der Waals surface area contributed by atoms with E-state index >= 15 is 0 Å². The van der Waals surface area contributed by atoms with Crippen molar-refractivity contribution >= 4 is 5.91 Å². The smallest absolute Gasteiger partial charge is 0.251 e. The molecule has 1 aliphatic rings. The van der Waals surface area contributed by atoms with Crippen molar-refractivity contribution in [2.24, 2.45) is 5.41 Å². The van der Waals surface area contributed by atoms with E-state index < -0.39 is 0 Å². The molecule has 2 heterocycles. The highest BCUT2D eigenvalue weighted by atomic mass is 16.3. The second-order valence-corrected chi connectivity index (χ2v) is 7.12. The molecule has 3 rings (SSSR count). The van der Waals surface area contributed by atoms with Gasteiger partial charge in [-0.1, -0.05) is 0 Å². The van der Waals surface area contributed by atoms with E-state index in [9.17, 15) is 9.90 Å². The number of aryl methyl sites for hydroxylation is 3. The van der Waals surface area contributed by atoms with E-state index in [0.29, 0.717) is 12.5 Å². The van der Waals surface area contributed by atoms with Gasteiger partial charge in [-0.3, -0.25) is 4.79 Å². The number of aliphatic hydroxyl groups is 1. The molecule has 0 unspecified atom stereocenters. The first-order valence-corrected chi connectivity index (χ1v) is 8.59. The van der Waals surface area contributed by atoms with Crippen LogP contribution in [-0.2, 0) is 11.2 Å². The molecule has 1 amide bonds. The molecule has 1 fully saturated rings. The lowest BCUT2D eigenvalue weighted by Crippen LogP contribution is -2.33. The van der Waals surface area contributed by atoms with Gasteiger partial charge in [0.15, 0.2) is 0 Å². The van der Waals surface area contributed by atoms with Gasteiger partial charge in [0.1, 0.15) is 0 Å². The molecule has 2 N–H and O–H groups in total. The minimum absolute atomic E-state index is 0.0492. The predicted molar refractivity (Wildman–Crippen MR) is 93.6 cm³/mol. The Morgan fingerprint density at radius 1 is 1.24 bits per heavy atom. The normalized spacial score (nSPS) is 15.2. The third-order valence-corrected chi connectivity index (χ3v) is 4.89. The number of hydrogen-bond acceptors (Lipinski definition) is 5. The fourth-order valence-electron chi connectivity index (χ4n) is 3.00. The number of carbonyl (C=O) groups excluding carboxylic acids is 1. The zero-order valence-electron chi connectivity index (χ0n) is 15.3. The third-order valence-electron chi connectivity index (χ3n) is 4.89. The van der Waals surface area contributed by atoms with E-state index in [1.54, 1.807) is 4.68 Å². The van der Waals surface area contributed by atoms with Crippen LogP contribution in [0.2, 0.25) is 0 Å². The highest BCUT2D eigenvalue weighted by molar-refractivity contribution is 5.79. The summed E-state index contributed by atoms with van der Waals surface area (Å²) in [7, 11) is 0. The molecule has 0 saturated heterocycles. The first-order chi connectivity index (χ1) is 11.8. The zero-order chi connectivity index (χ0) is 18.2. The Morgan fingerprint density at radius 3 is 2.44 bits per heavy atom. The summed E-state index contributed by atoms with van der Waals surface area (Å²) < 4.78 is 1.70. The van der Waals surface area contributed by atoms with Crippen LogP contribution in [0.1, 0.15) is 41.2 Å². The maximum atomic E-state index is 12.3. The lowest BCUT2D eigenvalue weighted by atomic mass is 10.1. The van der Waals surface area contributed by atoms with E-state index in [1.165, 1.54) is 0 Å². The standard InChI is InChI=1S/C18H25N5O2/c1-11-7-12(2)21-17(20-11)23-14(4)15(13(3)22-23)8-16(25)19-9-18(10-24)5-6-18/h7,24H,5-6,8-10H2,1-4H3,(H,19,25). The van der Waals surface area contributed by atoms with E-state index in [4.69, 9.17) is 0 Å². The van der Waals surface area contributed by atoms with Crippen LogP contribution in [0.25, 0.3) is 5.95 Å². The monoisotopic (exact) mass is 343 g/mol. The largest absolute Gasteiger partial charge is 0.396 e. The molecular weight excluding hydrogens is 318 g/mol. The molecule has 0 aromatic carbocycles. The molecular formula is C18H25N5O2. The number of nitrogens with zero attached hydrogens (tertiary/aromatic N) is 4. The van der Waals surface area contributed by atoms with E-state index in [-0.39, 0.29) is 24.3 Å². The van der Waals surface area contributed by atoms with Crippen LogP contribution in [0.5, 0.6) is 0 Å². The van der Waals surface area contributed by atoms with Gasteiger partial charge in [0, 0.05) is 34.6 Å². The number of carbonyl (C=O) groups is 1. The topological polar surface area (TPSA) is 92.9 Å². The van der Waals surface area contributed by atoms with Crippen molar-refractivity contribution in [1.82, 2.24) is 25.1 Å². The summed E-state index contributed by atoms with van der Waals surface area (Å²) in [6.07, 6.45) is 2.22. The molecule has 25 heavy (non-hydrogen) atoms. The minimum Gasteiger partial charge on any atom is -0.396 e. The number of amides is 1. The first kappa shape index (κ1) is 17.5. The van der Waals surface area contributed by atoms with Crippen molar-refractivity contribution in [3.8, 4) is 5.95 Å². The van der Waals surface area contributed by atoms with Gasteiger partial charge >= 0.3 is 0 Å². The summed E-state index contributed by atoms with van der Waals surface area (Å²) in [6, 6.07) is 1.92. The van der Waals surface area contributed by atoms with Gasteiger partial charge < -0.3 is 10.4 Å². The zero-order valence-corrected chi connectivity index (χ0v) is 15.3. The van der Waals surface area contributed by atoms with E-state index in [2.05, 4.69) is 20.4 Å². The Balaban J connectivity index is 1.76. The van der Waals surface area contributed by atoms with Crippen molar-refractivity contribution in [1.29, 1.82) is 0 Å². The minimum atomic E-state index is -0.0864. The highest BCUT2D eigenvalue weighted by Gasteiger charge is 2.42. The molecule has 1 saturated carbocycles. The van der Waals surface area contributed by atoms with Gasteiger partial charge in [-0.25, -0.2) is 14.6 Å². The summed E-state index contributed by atoms with van der Waals surface area (Å²) >= 11 is 0. The summed E-state index contributed by atoms with van der Waals surface area (Å²) in [6.45, 7) is 8.34. The van der Waals surface area contributed by atoms with Crippen LogP contribution in [-0.4, -0.2) is 43.9 Å². The molecule has 0 atom stereocenters. The maximum Gasteiger partial charge on any atom is 0.251 e. The van der Waals surface area contributed by atoms with Crippen LogP contribution in [0.15, 0.2) is 6.07 Å². The first-order valence-electron chi connectivity index (χ1n) is 8.59. The van der Waals surface area contributed by atoms with Crippen molar-refractivity contribution < 1.29 is 9.90 Å². The molecule has 0 radical (unpaired) electrons. The van der Waals surface area contributed by atoms with E-state index in [1.807, 2.05) is 33.8 Å². The molecule has 2 aromatic rings. The Morgan fingerprint density at radius 2 is 1.88 bits per heavy atom. The molecule has 7 nitrogen and oxygen atoms in total. The van der Waals surface area contributed by atoms with Crippen LogP contribution >= 0.6 is 0 Å². The molecule has 0 aliphatic heterocycles. The Kier molecular flexibility index (Phi) is 4.60. The average Bonchev–Trinajstić information content (AvgIpc) is 3.29. The van der Waals surface area contributed by atoms with Crippen LogP contribution < -0.4 is 5.32 Å². The molecule has 1 aliphatic carbocycles. The summed E-state index contributed by atoms with van der Waals surface area (Å²) in [5, 5.41) is 16.8. The molecule has 0 bridgehead atoms. The number of rotatable bonds is 6. The SMILES string of the molecule is Cc1cc(C)nc(-n2nc(C)c(CC(=O)NCC3(CO)CC3)c2C)n1. The predicted octanol–water partition coefficient (Wildman–Crippen LogP) is 1.33. The summed E-state index contributed by atoms with van der Waals surface area (Å²) in [5.41, 5.74) is 4.26. The second kappa shape index (κ2) is 6.55. The van der Waals surface area contributed by atoms with E-state index in [0.717, 1.165) is 41.2 Å². The van der Waals surface area contributed by atoms with Crippen LogP contribution in [0.3, 0.4) is 0 Å². The average molecular weight is 343 g/mol. The van der Waals surface area contributed by atoms with Crippen molar-refractivity contribution in [3.63, 3.8) is 0 Å². The second-order valence-electron chi connectivity index (χ2n) is 7.12. The number of hydrogen-bond donors (Lipinski definition) is 2. The quantitative estimate of drug-likeness (QED) is 0.825. The Labute approximate surface area is 147 Å². The Bertz CT molecular complexity index is 788. The van der Waals surface area contributed by atoms with Gasteiger partial charge in [0.2, 0.25) is 5.91 Å². The number of nitrogens with one attached hydrogen (secondary N) is 1. The molecule has 2 aromatic heterocycles. The van der Waals surface area contributed by atoms with Crippen LogP contribution in [0.4, 0.5) is 0 Å². The van der Waals surface area contributed by atoms with Gasteiger partial charge in [0.25, 0.3) is 5.95 Å². The van der Waals surface area contributed by atoms with Gasteiger partial charge in [-0.2, -0.15) is 5.10 Å². The third kappa shape index (κ3) is 3.71.